The molecule has 5 nitrogen and oxygen atoms in total. The molecule has 1 saturated heterocycles. The maximum absolute atomic E-state index is 12.6. The van der Waals surface area contributed by atoms with E-state index >= 15 is 0 Å². The van der Waals surface area contributed by atoms with E-state index in [1.165, 1.54) is 0 Å². The van der Waals surface area contributed by atoms with Gasteiger partial charge < -0.3 is 15.0 Å². The van der Waals surface area contributed by atoms with Crippen LogP contribution in [0.2, 0.25) is 0 Å². The van der Waals surface area contributed by atoms with Crippen LogP contribution in [0.4, 0.5) is 5.69 Å². The third-order valence-corrected chi connectivity index (χ3v) is 4.96. The van der Waals surface area contributed by atoms with Gasteiger partial charge >= 0.3 is 0 Å². The van der Waals surface area contributed by atoms with Gasteiger partial charge in [-0.05, 0) is 69.0 Å². The highest BCUT2D eigenvalue weighted by Gasteiger charge is 2.21. The van der Waals surface area contributed by atoms with Crippen molar-refractivity contribution in [2.75, 3.05) is 18.4 Å². The second-order valence-electron chi connectivity index (χ2n) is 7.67. The van der Waals surface area contributed by atoms with Gasteiger partial charge in [0.1, 0.15) is 5.75 Å². The van der Waals surface area contributed by atoms with E-state index in [1.54, 1.807) is 24.3 Å². The van der Waals surface area contributed by atoms with Crippen LogP contribution >= 0.6 is 0 Å². The van der Waals surface area contributed by atoms with Crippen molar-refractivity contribution in [3.63, 3.8) is 0 Å². The van der Waals surface area contributed by atoms with Gasteiger partial charge in [0.25, 0.3) is 11.8 Å². The molecule has 148 valence electrons. The molecule has 0 spiro atoms. The van der Waals surface area contributed by atoms with Gasteiger partial charge in [0.15, 0.2) is 0 Å². The second kappa shape index (κ2) is 8.91. The second-order valence-corrected chi connectivity index (χ2v) is 7.67. The Hall–Kier alpha value is -2.82. The van der Waals surface area contributed by atoms with Crippen molar-refractivity contribution in [1.82, 2.24) is 4.90 Å². The SMILES string of the molecule is CC1CCN(C(=O)c2ccc(C(=O)Nc3ccccc3OC(C)C)cc2)CC1. The molecule has 0 bridgehead atoms. The summed E-state index contributed by atoms with van der Waals surface area (Å²) in [6.45, 7) is 7.71. The average molecular weight is 380 g/mol. The highest BCUT2D eigenvalue weighted by Crippen LogP contribution is 2.25. The van der Waals surface area contributed by atoms with Crippen molar-refractivity contribution < 1.29 is 14.3 Å². The summed E-state index contributed by atoms with van der Waals surface area (Å²) in [6, 6.07) is 14.2. The quantitative estimate of drug-likeness (QED) is 0.825. The molecule has 2 amide bonds. The van der Waals surface area contributed by atoms with Crippen LogP contribution in [-0.4, -0.2) is 35.9 Å². The number of likely N-dealkylation sites (tertiary alicyclic amines) is 1. The summed E-state index contributed by atoms with van der Waals surface area (Å²) in [5.74, 6) is 1.12. The number of piperidine rings is 1. The predicted molar refractivity (Wildman–Crippen MR) is 111 cm³/mol. The molecule has 1 heterocycles. The van der Waals surface area contributed by atoms with Gasteiger partial charge in [-0.1, -0.05) is 19.1 Å². The number of hydrogen-bond donors (Lipinski definition) is 1. The fourth-order valence-corrected chi connectivity index (χ4v) is 3.28. The van der Waals surface area contributed by atoms with Crippen LogP contribution in [-0.2, 0) is 0 Å². The Morgan fingerprint density at radius 2 is 1.61 bits per heavy atom. The lowest BCUT2D eigenvalue weighted by atomic mass is 9.98. The van der Waals surface area contributed by atoms with Crippen LogP contribution in [0.1, 0.15) is 54.3 Å². The van der Waals surface area contributed by atoms with Crippen molar-refractivity contribution in [3.05, 3.63) is 59.7 Å². The number of amides is 2. The first kappa shape index (κ1) is 19.9. The molecule has 1 N–H and O–H groups in total. The lowest BCUT2D eigenvalue weighted by Gasteiger charge is -2.30. The molecule has 0 saturated carbocycles. The summed E-state index contributed by atoms with van der Waals surface area (Å²) in [6.07, 6.45) is 2.11. The van der Waals surface area contributed by atoms with Gasteiger partial charge in [-0.15, -0.1) is 0 Å². The molecule has 0 aliphatic carbocycles. The van der Waals surface area contributed by atoms with Crippen molar-refractivity contribution in [1.29, 1.82) is 0 Å². The molecule has 5 heteroatoms. The molecule has 0 unspecified atom stereocenters. The van der Waals surface area contributed by atoms with Crippen LogP contribution in [0.3, 0.4) is 0 Å². The fourth-order valence-electron chi connectivity index (χ4n) is 3.28. The standard InChI is InChI=1S/C23H28N2O3/c1-16(2)28-21-7-5-4-6-20(21)24-22(26)18-8-10-19(11-9-18)23(27)25-14-12-17(3)13-15-25/h4-11,16-17H,12-15H2,1-3H3,(H,24,26). The number of carbonyl (C=O) groups is 2. The third-order valence-electron chi connectivity index (χ3n) is 4.96. The van der Waals surface area contributed by atoms with Crippen molar-refractivity contribution in [3.8, 4) is 5.75 Å². The van der Waals surface area contributed by atoms with Crippen LogP contribution in [0.5, 0.6) is 5.75 Å². The van der Waals surface area contributed by atoms with E-state index in [0.717, 1.165) is 25.9 Å². The zero-order chi connectivity index (χ0) is 20.1. The molecule has 0 atom stereocenters. The summed E-state index contributed by atoms with van der Waals surface area (Å²) in [5, 5.41) is 2.89. The molecule has 1 fully saturated rings. The first-order chi connectivity index (χ1) is 13.4. The molecular weight excluding hydrogens is 352 g/mol. The van der Waals surface area contributed by atoms with E-state index in [-0.39, 0.29) is 17.9 Å². The van der Waals surface area contributed by atoms with Crippen molar-refractivity contribution >= 4 is 17.5 Å². The Morgan fingerprint density at radius 1 is 1.00 bits per heavy atom. The molecular formula is C23H28N2O3. The number of ether oxygens (including phenoxy) is 1. The maximum atomic E-state index is 12.6. The molecule has 1 aliphatic rings. The van der Waals surface area contributed by atoms with Gasteiger partial charge in [0.2, 0.25) is 0 Å². The molecule has 2 aromatic carbocycles. The van der Waals surface area contributed by atoms with Crippen LogP contribution in [0.15, 0.2) is 48.5 Å². The van der Waals surface area contributed by atoms with Crippen molar-refractivity contribution in [2.45, 2.75) is 39.7 Å². The average Bonchev–Trinajstić information content (AvgIpc) is 2.69. The maximum Gasteiger partial charge on any atom is 0.255 e. The van der Waals surface area contributed by atoms with E-state index in [1.807, 2.05) is 43.0 Å². The highest BCUT2D eigenvalue weighted by molar-refractivity contribution is 6.05. The number of benzene rings is 2. The summed E-state index contributed by atoms with van der Waals surface area (Å²) < 4.78 is 5.74. The summed E-state index contributed by atoms with van der Waals surface area (Å²) >= 11 is 0. The van der Waals surface area contributed by atoms with Crippen LogP contribution in [0, 0.1) is 5.92 Å². The number of rotatable bonds is 5. The largest absolute Gasteiger partial charge is 0.489 e. The fraction of sp³-hybridized carbons (Fsp3) is 0.391. The van der Waals surface area contributed by atoms with E-state index in [9.17, 15) is 9.59 Å². The van der Waals surface area contributed by atoms with Crippen LogP contribution in [0.25, 0.3) is 0 Å². The van der Waals surface area contributed by atoms with Gasteiger partial charge in [-0.3, -0.25) is 9.59 Å². The number of anilines is 1. The first-order valence-corrected chi connectivity index (χ1v) is 9.90. The Labute approximate surface area is 166 Å². The van der Waals surface area contributed by atoms with Gasteiger partial charge in [0.05, 0.1) is 11.8 Å². The summed E-state index contributed by atoms with van der Waals surface area (Å²) in [4.78, 5) is 27.1. The molecule has 28 heavy (non-hydrogen) atoms. The minimum atomic E-state index is -0.231. The number of nitrogens with zero attached hydrogens (tertiary/aromatic N) is 1. The molecule has 0 radical (unpaired) electrons. The minimum Gasteiger partial charge on any atom is -0.489 e. The van der Waals surface area contributed by atoms with E-state index in [4.69, 9.17) is 4.74 Å². The first-order valence-electron chi connectivity index (χ1n) is 9.90. The number of para-hydroxylation sites is 2. The Balaban J connectivity index is 1.67. The predicted octanol–water partition coefficient (Wildman–Crippen LogP) is 4.60. The molecule has 2 aromatic rings. The minimum absolute atomic E-state index is 0.0149. The lowest BCUT2D eigenvalue weighted by molar-refractivity contribution is 0.0697. The molecule has 0 aromatic heterocycles. The Kier molecular flexibility index (Phi) is 6.34. The Morgan fingerprint density at radius 3 is 2.25 bits per heavy atom. The number of hydrogen-bond acceptors (Lipinski definition) is 3. The van der Waals surface area contributed by atoms with E-state index in [0.29, 0.717) is 28.5 Å². The van der Waals surface area contributed by atoms with Crippen molar-refractivity contribution in [2.24, 2.45) is 5.92 Å². The number of nitrogens with one attached hydrogen (secondary N) is 1. The monoisotopic (exact) mass is 380 g/mol. The third kappa shape index (κ3) is 4.91. The van der Waals surface area contributed by atoms with Gasteiger partial charge in [-0.2, -0.15) is 0 Å². The van der Waals surface area contributed by atoms with E-state index < -0.39 is 0 Å². The number of carbonyl (C=O) groups excluding carboxylic acids is 2. The highest BCUT2D eigenvalue weighted by atomic mass is 16.5. The zero-order valence-corrected chi connectivity index (χ0v) is 16.8. The summed E-state index contributed by atoms with van der Waals surface area (Å²) in [7, 11) is 0. The van der Waals surface area contributed by atoms with Gasteiger partial charge in [-0.25, -0.2) is 0 Å². The van der Waals surface area contributed by atoms with Gasteiger partial charge in [0, 0.05) is 24.2 Å². The zero-order valence-electron chi connectivity index (χ0n) is 16.8. The smallest absolute Gasteiger partial charge is 0.255 e. The molecule has 1 aliphatic heterocycles. The lowest BCUT2D eigenvalue weighted by Crippen LogP contribution is -2.37. The molecule has 3 rings (SSSR count). The normalized spacial score (nSPS) is 14.8. The summed E-state index contributed by atoms with van der Waals surface area (Å²) in [5.41, 5.74) is 1.75. The van der Waals surface area contributed by atoms with Crippen LogP contribution < -0.4 is 10.1 Å². The van der Waals surface area contributed by atoms with E-state index in [2.05, 4.69) is 12.2 Å². The topological polar surface area (TPSA) is 58.6 Å². The Bertz CT molecular complexity index is 822.